The van der Waals surface area contributed by atoms with Gasteiger partial charge in [0.05, 0.1) is 0 Å². The van der Waals surface area contributed by atoms with E-state index in [0.717, 1.165) is 0 Å². The van der Waals surface area contributed by atoms with Gasteiger partial charge in [-0.05, 0) is 0 Å². The summed E-state index contributed by atoms with van der Waals surface area (Å²) in [5.41, 5.74) is 0. The van der Waals surface area contributed by atoms with Crippen molar-refractivity contribution in [3.05, 3.63) is 0 Å². The third kappa shape index (κ3) is 19.6. The summed E-state index contributed by atoms with van der Waals surface area (Å²) in [4.78, 5) is 0. The van der Waals surface area contributed by atoms with Crippen molar-refractivity contribution in [3.63, 3.8) is 0 Å². The number of hydrogen-bond donors (Lipinski definition) is 0. The van der Waals surface area contributed by atoms with Crippen molar-refractivity contribution >= 4 is 23.1 Å². The average Bonchev–Trinajstić information content (AvgIpc) is 0. The molecule has 0 aliphatic heterocycles. The van der Waals surface area contributed by atoms with E-state index in [2.05, 4.69) is 0 Å². The Morgan fingerprint density at radius 1 is 1.00 bits per heavy atom. The zero-order valence-corrected chi connectivity index (χ0v) is 9.01. The minimum Gasteiger partial charge on any atom is -1.00 e. The van der Waals surface area contributed by atoms with Crippen LogP contribution in [0.5, 0.6) is 0 Å². The van der Waals surface area contributed by atoms with Crippen LogP contribution in [0, 0.1) is 0 Å². The normalized spacial score (nSPS) is 0. The monoisotopic (exact) mass is 152 g/mol. The molecule has 1 nitrogen and oxygen atoms in total. The third-order valence-electron chi connectivity index (χ3n) is 0. The first-order chi connectivity index (χ1) is 0. The summed E-state index contributed by atoms with van der Waals surface area (Å²) in [7, 11) is 0. The number of hydrogen-bond acceptors (Lipinski definition) is 0. The van der Waals surface area contributed by atoms with Gasteiger partial charge in [0.15, 0.2) is 0 Å². The summed E-state index contributed by atoms with van der Waals surface area (Å²) >= 11 is 0. The molecule has 0 unspecified atom stereocenters. The molecule has 0 spiro atoms. The quantitative estimate of drug-likeness (QED) is 0.310. The zero-order valence-electron chi connectivity index (χ0n) is 3.96. The van der Waals surface area contributed by atoms with Gasteiger partial charge in [-0.3, -0.25) is 0 Å². The van der Waals surface area contributed by atoms with Gasteiger partial charge in [-0.15, -0.1) is 0 Å². The minimum atomic E-state index is 0. The Hall–Kier alpha value is 2.94. The van der Waals surface area contributed by atoms with Gasteiger partial charge >= 0.3 is 74.4 Å². The van der Waals surface area contributed by atoms with Crippen LogP contribution in [-0.2, 0) is 0 Å². The van der Waals surface area contributed by atoms with Crippen LogP contribution in [0.2, 0.25) is 0 Å². The van der Waals surface area contributed by atoms with Gasteiger partial charge in [-0.25, -0.2) is 0 Å². The Morgan fingerprint density at radius 3 is 1.00 bits per heavy atom. The van der Waals surface area contributed by atoms with E-state index in [4.69, 9.17) is 0 Å². The van der Waals surface area contributed by atoms with E-state index in [-0.39, 0.29) is 106 Å². The second-order valence-electron chi connectivity index (χ2n) is 0. The van der Waals surface area contributed by atoms with E-state index < -0.39 is 0 Å². The van der Waals surface area contributed by atoms with Gasteiger partial charge in [-0.2, -0.15) is 0 Å². The van der Waals surface area contributed by atoms with Crippen molar-refractivity contribution in [1.82, 2.24) is 0 Å². The van der Waals surface area contributed by atoms with Crippen LogP contribution < -0.4 is 76.2 Å². The molecule has 0 aliphatic rings. The Morgan fingerprint density at radius 2 is 1.00 bits per heavy atom. The molecule has 0 radical (unpaired) electrons. The SMILES string of the molecule is O.[Cl-].[Cl-].[H-].[K+].[Mg+2]. The van der Waals surface area contributed by atoms with Gasteiger partial charge in [0.1, 0.15) is 0 Å². The maximum atomic E-state index is 0. The summed E-state index contributed by atoms with van der Waals surface area (Å²) < 4.78 is 0. The summed E-state index contributed by atoms with van der Waals surface area (Å²) in [5.74, 6) is 0. The van der Waals surface area contributed by atoms with Crippen molar-refractivity contribution < 1.29 is 83.1 Å². The molecule has 0 saturated carbocycles. The molecule has 0 bridgehead atoms. The zero-order chi connectivity index (χ0) is 0. The molecule has 0 saturated heterocycles. The van der Waals surface area contributed by atoms with Crippen molar-refractivity contribution in [1.29, 1.82) is 0 Å². The van der Waals surface area contributed by atoms with Crippen LogP contribution in [0.15, 0.2) is 0 Å². The van der Waals surface area contributed by atoms with Crippen molar-refractivity contribution in [3.8, 4) is 0 Å². The van der Waals surface area contributed by atoms with Crippen LogP contribution in [0.4, 0.5) is 0 Å². The maximum absolute atomic E-state index is 0. The summed E-state index contributed by atoms with van der Waals surface area (Å²) in [6.07, 6.45) is 0. The molecule has 0 aromatic carbocycles. The molecule has 0 rings (SSSR count). The third-order valence-corrected chi connectivity index (χ3v) is 0. The van der Waals surface area contributed by atoms with E-state index in [0.29, 0.717) is 0 Å². The first kappa shape index (κ1) is 44.2. The van der Waals surface area contributed by atoms with Crippen LogP contribution in [0.1, 0.15) is 1.43 Å². The molecule has 0 atom stereocenters. The number of halogens is 2. The van der Waals surface area contributed by atoms with Gasteiger partial charge in [-0.1, -0.05) is 0 Å². The Labute approximate surface area is 104 Å². The van der Waals surface area contributed by atoms with E-state index in [1.54, 1.807) is 0 Å². The predicted octanol–water partition coefficient (Wildman–Crippen LogP) is -10.1. The molecule has 5 heteroatoms. The topological polar surface area (TPSA) is 31.5 Å². The van der Waals surface area contributed by atoms with Gasteiger partial charge < -0.3 is 31.7 Å². The van der Waals surface area contributed by atoms with E-state index >= 15 is 0 Å². The molecule has 0 heterocycles. The van der Waals surface area contributed by atoms with E-state index in [9.17, 15) is 0 Å². The first-order valence-corrected chi connectivity index (χ1v) is 0. The van der Waals surface area contributed by atoms with Gasteiger partial charge in [0, 0.05) is 0 Å². The van der Waals surface area contributed by atoms with Crippen molar-refractivity contribution in [2.75, 3.05) is 0 Å². The van der Waals surface area contributed by atoms with E-state index in [1.165, 1.54) is 0 Å². The molecule has 0 aromatic heterocycles. The van der Waals surface area contributed by atoms with Crippen LogP contribution in [0.25, 0.3) is 0 Å². The standard InChI is InChI=1S/2ClH.K.Mg.H2O.H/h2*1H;;;1H2;/q;;+1;+2;;-1/p-2. The smallest absolute Gasteiger partial charge is 1.00 e. The molecule has 0 amide bonds. The molecule has 0 aromatic rings. The summed E-state index contributed by atoms with van der Waals surface area (Å²) in [6.45, 7) is 0. The fourth-order valence-electron chi connectivity index (χ4n) is 0. The van der Waals surface area contributed by atoms with Crippen LogP contribution in [-0.4, -0.2) is 28.5 Å². The minimum absolute atomic E-state index is 0. The van der Waals surface area contributed by atoms with Crippen molar-refractivity contribution in [2.24, 2.45) is 0 Å². The van der Waals surface area contributed by atoms with Crippen LogP contribution in [0.3, 0.4) is 0 Å². The summed E-state index contributed by atoms with van der Waals surface area (Å²) in [5, 5.41) is 0. The molecule has 0 aliphatic carbocycles. The fraction of sp³-hybridized carbons (Fsp3) is 0. The Bertz CT molecular complexity index is 13.5. The maximum Gasteiger partial charge on any atom is 2.00 e. The molecule has 26 valence electrons. The second kappa shape index (κ2) is 28.3. The molecule has 2 N–H and O–H groups in total. The molecule has 0 fully saturated rings. The Balaban J connectivity index is 0. The summed E-state index contributed by atoms with van der Waals surface area (Å²) in [6, 6.07) is 0. The number of rotatable bonds is 0. The molecule has 5 heavy (non-hydrogen) atoms. The second-order valence-corrected chi connectivity index (χ2v) is 0. The van der Waals surface area contributed by atoms with E-state index in [1.807, 2.05) is 0 Å². The average molecular weight is 153 g/mol. The first-order valence-electron chi connectivity index (χ1n) is 0. The van der Waals surface area contributed by atoms with Crippen LogP contribution >= 0.6 is 0 Å². The fourth-order valence-corrected chi connectivity index (χ4v) is 0. The molecular formula is H3Cl2KMgO. The molecular weight excluding hydrogens is 150 g/mol. The largest absolute Gasteiger partial charge is 2.00 e. The van der Waals surface area contributed by atoms with Gasteiger partial charge in [0.25, 0.3) is 0 Å². The predicted molar refractivity (Wildman–Crippen MR) is 10.5 cm³/mol. The Kier molecular flexibility index (Phi) is 250. The van der Waals surface area contributed by atoms with Crippen molar-refractivity contribution in [2.45, 2.75) is 0 Å². The van der Waals surface area contributed by atoms with Gasteiger partial charge in [0.2, 0.25) is 0 Å².